The predicted molar refractivity (Wildman–Crippen MR) is 75.6 cm³/mol. The maximum absolute atomic E-state index is 5.54. The topological polar surface area (TPSA) is 59.9 Å². The summed E-state index contributed by atoms with van der Waals surface area (Å²) < 4.78 is 5.54. The molecule has 0 aliphatic carbocycles. The van der Waals surface area contributed by atoms with E-state index < -0.39 is 0 Å². The maximum Gasteiger partial charge on any atom is 0.187 e. The molecule has 1 aromatic heterocycles. The molecule has 0 amide bonds. The Bertz CT molecular complexity index is 611. The number of hydrogen-bond acceptors (Lipinski definition) is 5. The summed E-state index contributed by atoms with van der Waals surface area (Å²) in [4.78, 5) is 4.44. The third kappa shape index (κ3) is 2.36. The second kappa shape index (κ2) is 5.22. The van der Waals surface area contributed by atoms with Crippen molar-refractivity contribution in [2.24, 2.45) is 0 Å². The third-order valence-corrected chi connectivity index (χ3v) is 3.23. The molecule has 0 aliphatic rings. The lowest BCUT2D eigenvalue weighted by atomic mass is 9.98. The SMILES string of the molecule is CNc1cnnc(-c2c(C)cc(C)c(C)c2OC)n1. The molecule has 5 nitrogen and oxygen atoms in total. The minimum absolute atomic E-state index is 0.573. The van der Waals surface area contributed by atoms with Crippen LogP contribution in [0.3, 0.4) is 0 Å². The number of nitrogens with one attached hydrogen (secondary N) is 1. The molecule has 0 saturated heterocycles. The second-order valence-electron chi connectivity index (χ2n) is 4.46. The highest BCUT2D eigenvalue weighted by Crippen LogP contribution is 2.35. The molecule has 0 aliphatic heterocycles. The zero-order valence-electron chi connectivity index (χ0n) is 11.9. The minimum Gasteiger partial charge on any atom is -0.496 e. The Kier molecular flexibility index (Phi) is 3.64. The summed E-state index contributed by atoms with van der Waals surface area (Å²) in [7, 11) is 3.47. The van der Waals surface area contributed by atoms with Gasteiger partial charge in [0, 0.05) is 7.05 Å². The van der Waals surface area contributed by atoms with Crippen LogP contribution in [0.15, 0.2) is 12.3 Å². The molecule has 1 N–H and O–H groups in total. The van der Waals surface area contributed by atoms with Crippen LogP contribution in [0.25, 0.3) is 11.4 Å². The Hall–Kier alpha value is -2.17. The Balaban J connectivity index is 2.70. The van der Waals surface area contributed by atoms with Crippen LogP contribution >= 0.6 is 0 Å². The van der Waals surface area contributed by atoms with E-state index in [9.17, 15) is 0 Å². The van der Waals surface area contributed by atoms with Gasteiger partial charge in [0.25, 0.3) is 0 Å². The number of benzene rings is 1. The lowest BCUT2D eigenvalue weighted by Gasteiger charge is -2.15. The first-order valence-electron chi connectivity index (χ1n) is 6.11. The van der Waals surface area contributed by atoms with Gasteiger partial charge in [-0.05, 0) is 37.5 Å². The summed E-state index contributed by atoms with van der Waals surface area (Å²) in [5.41, 5.74) is 4.27. The Morgan fingerprint density at radius 2 is 1.89 bits per heavy atom. The first kappa shape index (κ1) is 13.3. The number of aryl methyl sites for hydroxylation is 2. The van der Waals surface area contributed by atoms with Gasteiger partial charge < -0.3 is 10.1 Å². The predicted octanol–water partition coefficient (Wildman–Crippen LogP) is 2.51. The monoisotopic (exact) mass is 258 g/mol. The van der Waals surface area contributed by atoms with Crippen LogP contribution in [0.5, 0.6) is 5.75 Å². The van der Waals surface area contributed by atoms with Crippen molar-refractivity contribution in [2.45, 2.75) is 20.8 Å². The fourth-order valence-electron chi connectivity index (χ4n) is 2.11. The zero-order valence-corrected chi connectivity index (χ0v) is 11.9. The van der Waals surface area contributed by atoms with E-state index in [4.69, 9.17) is 4.74 Å². The van der Waals surface area contributed by atoms with E-state index in [0.717, 1.165) is 22.4 Å². The van der Waals surface area contributed by atoms with Crippen LogP contribution in [0, 0.1) is 20.8 Å². The molecule has 5 heteroatoms. The van der Waals surface area contributed by atoms with Crippen LogP contribution in [-0.4, -0.2) is 29.3 Å². The zero-order chi connectivity index (χ0) is 14.0. The normalized spacial score (nSPS) is 10.4. The van der Waals surface area contributed by atoms with Crippen LogP contribution in [0.4, 0.5) is 5.82 Å². The summed E-state index contributed by atoms with van der Waals surface area (Å²) in [6.07, 6.45) is 1.59. The fourth-order valence-corrected chi connectivity index (χ4v) is 2.11. The Labute approximate surface area is 113 Å². The molecule has 1 heterocycles. The minimum atomic E-state index is 0.573. The lowest BCUT2D eigenvalue weighted by Crippen LogP contribution is -2.03. The first-order chi connectivity index (χ1) is 9.08. The van der Waals surface area contributed by atoms with Crippen LogP contribution in [0.1, 0.15) is 16.7 Å². The van der Waals surface area contributed by atoms with Crippen molar-refractivity contribution in [3.63, 3.8) is 0 Å². The van der Waals surface area contributed by atoms with Crippen LogP contribution in [0.2, 0.25) is 0 Å². The van der Waals surface area contributed by atoms with Gasteiger partial charge in [-0.2, -0.15) is 5.10 Å². The van der Waals surface area contributed by atoms with Crippen molar-refractivity contribution >= 4 is 5.82 Å². The van der Waals surface area contributed by atoms with E-state index in [1.165, 1.54) is 5.56 Å². The van der Waals surface area contributed by atoms with Gasteiger partial charge in [-0.15, -0.1) is 5.10 Å². The van der Waals surface area contributed by atoms with Gasteiger partial charge in [-0.25, -0.2) is 4.98 Å². The standard InChI is InChI=1S/C14H18N4O/c1-8-6-9(2)12(13(19-5)10(8)3)14-17-11(15-4)7-16-18-14/h6-7H,1-5H3,(H,15,17,18). The average molecular weight is 258 g/mol. The summed E-state index contributed by atoms with van der Waals surface area (Å²) in [6, 6.07) is 2.11. The van der Waals surface area contributed by atoms with Gasteiger partial charge in [0.05, 0.1) is 18.9 Å². The van der Waals surface area contributed by atoms with Crippen molar-refractivity contribution < 1.29 is 4.74 Å². The van der Waals surface area contributed by atoms with Gasteiger partial charge in [-0.3, -0.25) is 0 Å². The van der Waals surface area contributed by atoms with Gasteiger partial charge in [0.15, 0.2) is 5.82 Å². The van der Waals surface area contributed by atoms with Gasteiger partial charge in [0.2, 0.25) is 0 Å². The maximum atomic E-state index is 5.54. The highest BCUT2D eigenvalue weighted by molar-refractivity contribution is 5.72. The molecular weight excluding hydrogens is 240 g/mol. The number of ether oxygens (including phenoxy) is 1. The lowest BCUT2D eigenvalue weighted by molar-refractivity contribution is 0.412. The van der Waals surface area contributed by atoms with Crippen molar-refractivity contribution in [3.05, 3.63) is 29.0 Å². The summed E-state index contributed by atoms with van der Waals surface area (Å²) in [6.45, 7) is 6.13. The van der Waals surface area contributed by atoms with Gasteiger partial charge in [-0.1, -0.05) is 6.07 Å². The van der Waals surface area contributed by atoms with Crippen molar-refractivity contribution in [3.8, 4) is 17.1 Å². The van der Waals surface area contributed by atoms with Crippen molar-refractivity contribution in [1.29, 1.82) is 0 Å². The number of methoxy groups -OCH3 is 1. The number of rotatable bonds is 3. The average Bonchev–Trinajstić information content (AvgIpc) is 2.42. The van der Waals surface area contributed by atoms with Gasteiger partial charge in [0.1, 0.15) is 11.6 Å². The van der Waals surface area contributed by atoms with E-state index in [-0.39, 0.29) is 0 Å². The largest absolute Gasteiger partial charge is 0.496 e. The van der Waals surface area contributed by atoms with Gasteiger partial charge >= 0.3 is 0 Å². The Morgan fingerprint density at radius 3 is 2.53 bits per heavy atom. The Morgan fingerprint density at radius 1 is 1.16 bits per heavy atom. The molecule has 2 aromatic rings. The highest BCUT2D eigenvalue weighted by atomic mass is 16.5. The fraction of sp³-hybridized carbons (Fsp3) is 0.357. The number of aromatic nitrogens is 3. The van der Waals surface area contributed by atoms with Crippen LogP contribution in [-0.2, 0) is 0 Å². The molecule has 0 bridgehead atoms. The summed E-state index contributed by atoms with van der Waals surface area (Å²) in [5, 5.41) is 11.1. The summed E-state index contributed by atoms with van der Waals surface area (Å²) in [5.74, 6) is 2.07. The number of hydrogen-bond donors (Lipinski definition) is 1. The molecule has 1 aromatic carbocycles. The van der Waals surface area contributed by atoms with E-state index in [1.54, 1.807) is 20.4 Å². The molecule has 0 saturated carbocycles. The van der Waals surface area contributed by atoms with E-state index in [0.29, 0.717) is 11.6 Å². The van der Waals surface area contributed by atoms with E-state index in [2.05, 4.69) is 33.5 Å². The smallest absolute Gasteiger partial charge is 0.187 e. The quantitative estimate of drug-likeness (QED) is 0.916. The highest BCUT2D eigenvalue weighted by Gasteiger charge is 2.17. The molecule has 0 unspecified atom stereocenters. The molecule has 0 spiro atoms. The molecular formula is C14H18N4O. The van der Waals surface area contributed by atoms with Crippen molar-refractivity contribution in [1.82, 2.24) is 15.2 Å². The van der Waals surface area contributed by atoms with E-state index in [1.807, 2.05) is 13.8 Å². The van der Waals surface area contributed by atoms with Crippen LogP contribution < -0.4 is 10.1 Å². The molecule has 100 valence electrons. The molecule has 19 heavy (non-hydrogen) atoms. The second-order valence-corrected chi connectivity index (χ2v) is 4.46. The van der Waals surface area contributed by atoms with E-state index >= 15 is 0 Å². The number of anilines is 1. The first-order valence-corrected chi connectivity index (χ1v) is 6.11. The summed E-state index contributed by atoms with van der Waals surface area (Å²) >= 11 is 0. The molecule has 0 radical (unpaired) electrons. The molecule has 2 rings (SSSR count). The molecule has 0 fully saturated rings. The molecule has 0 atom stereocenters. The third-order valence-electron chi connectivity index (χ3n) is 3.23. The number of nitrogens with zero attached hydrogens (tertiary/aromatic N) is 3. The van der Waals surface area contributed by atoms with Crippen molar-refractivity contribution in [2.75, 3.05) is 19.5 Å².